The Morgan fingerprint density at radius 2 is 1.82 bits per heavy atom. The Kier molecular flexibility index (Phi) is 8.94. The number of aromatic nitrogens is 1. The normalized spacial score (nSPS) is 14.7. The van der Waals surface area contributed by atoms with E-state index in [1.54, 1.807) is 25.5 Å². The van der Waals surface area contributed by atoms with Crippen LogP contribution in [0.15, 0.2) is 104 Å². The Bertz CT molecular complexity index is 2170. The SMILES string of the molecule is CCOC(=O)C1=C(C)N=c2s/c(=C\c3ccc(OCc4ccccc4Cl)c(Br)c3)c(=O)n2[C@H]1c1c(OC)ccc2ccccc12. The van der Waals surface area contributed by atoms with Crippen LogP contribution < -0.4 is 24.4 Å². The van der Waals surface area contributed by atoms with E-state index in [0.29, 0.717) is 49.3 Å². The minimum absolute atomic E-state index is 0.187. The van der Waals surface area contributed by atoms with Gasteiger partial charge < -0.3 is 14.2 Å². The van der Waals surface area contributed by atoms with Crippen LogP contribution in [-0.2, 0) is 16.1 Å². The molecule has 1 atom stereocenters. The zero-order chi connectivity index (χ0) is 31.7. The molecule has 7 nitrogen and oxygen atoms in total. The van der Waals surface area contributed by atoms with Crippen LogP contribution in [0.25, 0.3) is 16.8 Å². The molecule has 0 spiro atoms. The van der Waals surface area contributed by atoms with Crippen LogP contribution in [0.2, 0.25) is 5.02 Å². The lowest BCUT2D eigenvalue weighted by Gasteiger charge is -2.27. The summed E-state index contributed by atoms with van der Waals surface area (Å²) in [5, 5.41) is 2.46. The first kappa shape index (κ1) is 30.8. The van der Waals surface area contributed by atoms with Crippen molar-refractivity contribution in [1.82, 2.24) is 4.57 Å². The van der Waals surface area contributed by atoms with Gasteiger partial charge in [0.1, 0.15) is 24.1 Å². The van der Waals surface area contributed by atoms with Gasteiger partial charge in [0.05, 0.1) is 34.0 Å². The summed E-state index contributed by atoms with van der Waals surface area (Å²) in [5.74, 6) is 0.677. The fraction of sp³-hybridized carbons (Fsp3) is 0.171. The van der Waals surface area contributed by atoms with Crippen molar-refractivity contribution in [3.63, 3.8) is 0 Å². The van der Waals surface area contributed by atoms with Gasteiger partial charge in [-0.25, -0.2) is 9.79 Å². The molecule has 2 heterocycles. The summed E-state index contributed by atoms with van der Waals surface area (Å²) in [4.78, 5) is 32.9. The van der Waals surface area contributed by atoms with E-state index >= 15 is 0 Å². The van der Waals surface area contributed by atoms with E-state index in [1.807, 2.05) is 84.9 Å². The summed E-state index contributed by atoms with van der Waals surface area (Å²) >= 11 is 11.1. The van der Waals surface area contributed by atoms with Gasteiger partial charge in [-0.05, 0) is 76.5 Å². The molecule has 0 unspecified atom stereocenters. The predicted octanol–water partition coefficient (Wildman–Crippen LogP) is 6.96. The molecule has 0 radical (unpaired) electrons. The molecule has 5 aromatic rings. The summed E-state index contributed by atoms with van der Waals surface area (Å²) in [7, 11) is 1.58. The van der Waals surface area contributed by atoms with Gasteiger partial charge in [0.15, 0.2) is 4.80 Å². The van der Waals surface area contributed by atoms with Crippen LogP contribution in [0.1, 0.15) is 36.6 Å². The van der Waals surface area contributed by atoms with Crippen molar-refractivity contribution in [2.24, 2.45) is 4.99 Å². The number of halogens is 2. The molecular formula is C35H28BrClN2O5S. The summed E-state index contributed by atoms with van der Waals surface area (Å²) < 4.78 is 20.1. The molecule has 0 fully saturated rings. The predicted molar refractivity (Wildman–Crippen MR) is 181 cm³/mol. The monoisotopic (exact) mass is 702 g/mol. The standard InChI is InChI=1S/C35H28BrClN2O5S/c1-4-43-34(41)30-20(2)38-35-39(32(30)31-24-11-7-5-9-22(24)14-16-28(31)42-3)33(40)29(45-35)18-21-13-15-27(25(36)17-21)44-19-23-10-6-8-12-26(23)37/h5-18,32H,4,19H2,1-3H3/b29-18-/t32-/m1/s1. The van der Waals surface area contributed by atoms with E-state index in [0.717, 1.165) is 26.4 Å². The van der Waals surface area contributed by atoms with E-state index in [4.69, 9.17) is 30.8 Å². The smallest absolute Gasteiger partial charge is 0.338 e. The molecule has 0 amide bonds. The highest BCUT2D eigenvalue weighted by atomic mass is 79.9. The Balaban J connectivity index is 1.46. The first-order valence-electron chi connectivity index (χ1n) is 14.2. The Hall–Kier alpha value is -4.18. The van der Waals surface area contributed by atoms with Crippen molar-refractivity contribution < 1.29 is 19.0 Å². The molecule has 0 saturated carbocycles. The lowest BCUT2D eigenvalue weighted by molar-refractivity contribution is -0.139. The molecule has 228 valence electrons. The fourth-order valence-electron chi connectivity index (χ4n) is 5.45. The molecule has 45 heavy (non-hydrogen) atoms. The second kappa shape index (κ2) is 13.0. The summed E-state index contributed by atoms with van der Waals surface area (Å²) in [6, 6.07) is 24.0. The number of fused-ring (bicyclic) bond motifs is 2. The third kappa shape index (κ3) is 5.95. The third-order valence-electron chi connectivity index (χ3n) is 7.54. The minimum atomic E-state index is -0.809. The van der Waals surface area contributed by atoms with Crippen molar-refractivity contribution in [3.05, 3.63) is 136 Å². The maximum atomic E-state index is 14.2. The highest BCUT2D eigenvalue weighted by Gasteiger charge is 2.36. The molecule has 0 bridgehead atoms. The number of allylic oxidation sites excluding steroid dienone is 1. The Labute approximate surface area is 276 Å². The zero-order valence-electron chi connectivity index (χ0n) is 24.7. The van der Waals surface area contributed by atoms with E-state index in [2.05, 4.69) is 15.9 Å². The third-order valence-corrected chi connectivity index (χ3v) is 9.51. The summed E-state index contributed by atoms with van der Waals surface area (Å²) in [5.41, 5.74) is 2.88. The molecule has 10 heteroatoms. The second-order valence-electron chi connectivity index (χ2n) is 10.3. The largest absolute Gasteiger partial charge is 0.496 e. The maximum Gasteiger partial charge on any atom is 0.338 e. The Morgan fingerprint density at radius 1 is 1.07 bits per heavy atom. The van der Waals surface area contributed by atoms with Crippen molar-refractivity contribution >= 4 is 61.7 Å². The van der Waals surface area contributed by atoms with E-state index in [1.165, 1.54) is 11.3 Å². The van der Waals surface area contributed by atoms with Gasteiger partial charge in [-0.3, -0.25) is 9.36 Å². The number of benzene rings is 4. The number of esters is 1. The fourth-order valence-corrected chi connectivity index (χ4v) is 7.19. The molecule has 0 saturated heterocycles. The zero-order valence-corrected chi connectivity index (χ0v) is 27.8. The Morgan fingerprint density at radius 3 is 2.58 bits per heavy atom. The van der Waals surface area contributed by atoms with Gasteiger partial charge in [-0.1, -0.05) is 77.5 Å². The topological polar surface area (TPSA) is 79.1 Å². The quantitative estimate of drug-likeness (QED) is 0.164. The van der Waals surface area contributed by atoms with Gasteiger partial charge in [-0.15, -0.1) is 0 Å². The average Bonchev–Trinajstić information content (AvgIpc) is 3.33. The summed E-state index contributed by atoms with van der Waals surface area (Å²) in [6.45, 7) is 4.02. The van der Waals surface area contributed by atoms with Gasteiger partial charge in [0, 0.05) is 16.1 Å². The number of rotatable bonds is 8. The molecule has 1 aromatic heterocycles. The number of carbonyl (C=O) groups excluding carboxylic acids is 1. The number of nitrogens with zero attached hydrogens (tertiary/aromatic N) is 2. The van der Waals surface area contributed by atoms with Gasteiger partial charge in [0.25, 0.3) is 5.56 Å². The second-order valence-corrected chi connectivity index (χ2v) is 12.5. The lowest BCUT2D eigenvalue weighted by atomic mass is 9.90. The highest BCUT2D eigenvalue weighted by molar-refractivity contribution is 9.10. The van der Waals surface area contributed by atoms with Gasteiger partial charge in [0.2, 0.25) is 0 Å². The molecule has 1 aliphatic rings. The van der Waals surface area contributed by atoms with Gasteiger partial charge in [-0.2, -0.15) is 0 Å². The average molecular weight is 704 g/mol. The van der Waals surface area contributed by atoms with E-state index < -0.39 is 12.0 Å². The van der Waals surface area contributed by atoms with Crippen molar-refractivity contribution in [2.75, 3.05) is 13.7 Å². The molecule has 0 aliphatic carbocycles. The first-order valence-corrected chi connectivity index (χ1v) is 16.2. The van der Waals surface area contributed by atoms with Crippen molar-refractivity contribution in [2.45, 2.75) is 26.5 Å². The van der Waals surface area contributed by atoms with Crippen LogP contribution in [0.5, 0.6) is 11.5 Å². The number of methoxy groups -OCH3 is 1. The first-order chi connectivity index (χ1) is 21.8. The maximum absolute atomic E-state index is 14.2. The lowest BCUT2D eigenvalue weighted by Crippen LogP contribution is -2.40. The van der Waals surface area contributed by atoms with Crippen molar-refractivity contribution in [3.8, 4) is 11.5 Å². The number of ether oxygens (including phenoxy) is 3. The van der Waals surface area contributed by atoms with Crippen LogP contribution in [0, 0.1) is 0 Å². The van der Waals surface area contributed by atoms with Crippen LogP contribution in [-0.4, -0.2) is 24.3 Å². The minimum Gasteiger partial charge on any atom is -0.496 e. The number of thiazole rings is 1. The number of hydrogen-bond donors (Lipinski definition) is 0. The van der Waals surface area contributed by atoms with Crippen LogP contribution in [0.3, 0.4) is 0 Å². The number of carbonyl (C=O) groups is 1. The summed E-state index contributed by atoms with van der Waals surface area (Å²) in [6.07, 6.45) is 1.81. The molecule has 0 N–H and O–H groups in total. The molecule has 6 rings (SSSR count). The molecular weight excluding hydrogens is 676 g/mol. The van der Waals surface area contributed by atoms with E-state index in [-0.39, 0.29) is 12.2 Å². The van der Waals surface area contributed by atoms with Crippen LogP contribution >= 0.6 is 38.9 Å². The van der Waals surface area contributed by atoms with Gasteiger partial charge >= 0.3 is 5.97 Å². The molecule has 4 aromatic carbocycles. The number of hydrogen-bond acceptors (Lipinski definition) is 7. The van der Waals surface area contributed by atoms with E-state index in [9.17, 15) is 9.59 Å². The van der Waals surface area contributed by atoms with Crippen molar-refractivity contribution in [1.29, 1.82) is 0 Å². The van der Waals surface area contributed by atoms with Crippen LogP contribution in [0.4, 0.5) is 0 Å². The molecule has 1 aliphatic heterocycles. The highest BCUT2D eigenvalue weighted by Crippen LogP contribution is 2.40.